The maximum absolute atomic E-state index is 12.8. The minimum Gasteiger partial charge on any atom is -0.305 e. The molecule has 0 amide bonds. The van der Waals surface area contributed by atoms with Crippen molar-refractivity contribution in [1.82, 2.24) is 10.3 Å². The van der Waals surface area contributed by atoms with E-state index >= 15 is 0 Å². The Morgan fingerprint density at radius 3 is 2.32 bits per heavy atom. The minimum absolute atomic E-state index is 0.0608. The standard InChI is InChI=1S/C15H16F2N2/c1-2-14(15-8-7-13(17)10-19-15)18-9-11-3-5-12(16)6-4-11/h3-8,10,14,18H,2,9H2,1H3. The number of nitrogens with zero attached hydrogens (tertiary/aromatic N) is 1. The van der Waals surface area contributed by atoms with E-state index < -0.39 is 0 Å². The van der Waals surface area contributed by atoms with E-state index in [-0.39, 0.29) is 17.7 Å². The predicted octanol–water partition coefficient (Wildman–Crippen LogP) is 3.60. The maximum atomic E-state index is 12.8. The van der Waals surface area contributed by atoms with Crippen LogP contribution in [0.4, 0.5) is 8.78 Å². The molecular weight excluding hydrogens is 246 g/mol. The molecule has 0 aliphatic rings. The van der Waals surface area contributed by atoms with Crippen molar-refractivity contribution in [3.05, 3.63) is 65.5 Å². The maximum Gasteiger partial charge on any atom is 0.141 e. The zero-order chi connectivity index (χ0) is 13.7. The van der Waals surface area contributed by atoms with Crippen LogP contribution in [0.15, 0.2) is 42.6 Å². The highest BCUT2D eigenvalue weighted by molar-refractivity contribution is 5.16. The highest BCUT2D eigenvalue weighted by atomic mass is 19.1. The number of hydrogen-bond acceptors (Lipinski definition) is 2. The molecule has 1 atom stereocenters. The quantitative estimate of drug-likeness (QED) is 0.890. The lowest BCUT2D eigenvalue weighted by atomic mass is 10.1. The Hall–Kier alpha value is -1.81. The molecule has 0 aliphatic carbocycles. The van der Waals surface area contributed by atoms with E-state index in [1.165, 1.54) is 24.4 Å². The van der Waals surface area contributed by atoms with Crippen LogP contribution < -0.4 is 5.32 Å². The lowest BCUT2D eigenvalue weighted by molar-refractivity contribution is 0.503. The molecular formula is C15H16F2N2. The third kappa shape index (κ3) is 3.83. The molecule has 2 rings (SSSR count). The monoisotopic (exact) mass is 262 g/mol. The number of aromatic nitrogens is 1. The first kappa shape index (κ1) is 13.6. The summed E-state index contributed by atoms with van der Waals surface area (Å²) >= 11 is 0. The molecule has 2 aromatic rings. The van der Waals surface area contributed by atoms with Gasteiger partial charge in [0.2, 0.25) is 0 Å². The van der Waals surface area contributed by atoms with E-state index in [2.05, 4.69) is 10.3 Å². The summed E-state index contributed by atoms with van der Waals surface area (Å²) in [6.07, 6.45) is 2.07. The molecule has 1 heterocycles. The van der Waals surface area contributed by atoms with Crippen molar-refractivity contribution in [3.63, 3.8) is 0 Å². The summed E-state index contributed by atoms with van der Waals surface area (Å²) < 4.78 is 25.6. The first-order valence-electron chi connectivity index (χ1n) is 6.28. The number of hydrogen-bond donors (Lipinski definition) is 1. The van der Waals surface area contributed by atoms with Crippen LogP contribution in [0.5, 0.6) is 0 Å². The molecule has 1 aromatic heterocycles. The Labute approximate surface area is 111 Å². The summed E-state index contributed by atoms with van der Waals surface area (Å²) in [5, 5.41) is 3.33. The Morgan fingerprint density at radius 1 is 1.05 bits per heavy atom. The molecule has 1 aromatic carbocycles. The summed E-state index contributed by atoms with van der Waals surface area (Å²) in [4.78, 5) is 4.08. The van der Waals surface area contributed by atoms with E-state index in [9.17, 15) is 8.78 Å². The van der Waals surface area contributed by atoms with Gasteiger partial charge in [-0.05, 0) is 36.2 Å². The van der Waals surface area contributed by atoms with E-state index in [1.54, 1.807) is 18.2 Å². The number of halogens is 2. The average molecular weight is 262 g/mol. The molecule has 0 radical (unpaired) electrons. The molecule has 19 heavy (non-hydrogen) atoms. The second kappa shape index (κ2) is 6.38. The highest BCUT2D eigenvalue weighted by Crippen LogP contribution is 2.15. The SMILES string of the molecule is CCC(NCc1ccc(F)cc1)c1ccc(F)cn1. The van der Waals surface area contributed by atoms with Gasteiger partial charge in [-0.15, -0.1) is 0 Å². The summed E-state index contributed by atoms with van der Waals surface area (Å²) in [6.45, 7) is 2.66. The van der Waals surface area contributed by atoms with Crippen LogP contribution in [0.25, 0.3) is 0 Å². The van der Waals surface area contributed by atoms with E-state index in [0.29, 0.717) is 6.54 Å². The summed E-state index contributed by atoms with van der Waals surface area (Å²) in [6, 6.07) is 9.51. The minimum atomic E-state index is -0.336. The van der Waals surface area contributed by atoms with Gasteiger partial charge in [-0.2, -0.15) is 0 Å². The summed E-state index contributed by atoms with van der Waals surface area (Å²) in [5.74, 6) is -0.576. The van der Waals surface area contributed by atoms with E-state index in [4.69, 9.17) is 0 Å². The van der Waals surface area contributed by atoms with Crippen molar-refractivity contribution >= 4 is 0 Å². The first-order chi connectivity index (χ1) is 9.19. The fourth-order valence-electron chi connectivity index (χ4n) is 1.89. The lowest BCUT2D eigenvalue weighted by Crippen LogP contribution is -2.21. The van der Waals surface area contributed by atoms with Gasteiger partial charge in [0.15, 0.2) is 0 Å². The number of rotatable bonds is 5. The van der Waals surface area contributed by atoms with Crippen LogP contribution in [-0.4, -0.2) is 4.98 Å². The van der Waals surface area contributed by atoms with Crippen LogP contribution in [0, 0.1) is 11.6 Å². The fraction of sp³-hybridized carbons (Fsp3) is 0.267. The van der Waals surface area contributed by atoms with Crippen LogP contribution in [0.1, 0.15) is 30.6 Å². The topological polar surface area (TPSA) is 24.9 Å². The molecule has 0 bridgehead atoms. The lowest BCUT2D eigenvalue weighted by Gasteiger charge is -2.16. The number of nitrogens with one attached hydrogen (secondary N) is 1. The molecule has 100 valence electrons. The van der Waals surface area contributed by atoms with Gasteiger partial charge >= 0.3 is 0 Å². The molecule has 0 saturated carbocycles. The molecule has 0 saturated heterocycles. The van der Waals surface area contributed by atoms with E-state index in [1.807, 2.05) is 6.92 Å². The zero-order valence-electron chi connectivity index (χ0n) is 10.7. The summed E-state index contributed by atoms with van der Waals surface area (Å²) in [5.41, 5.74) is 1.81. The summed E-state index contributed by atoms with van der Waals surface area (Å²) in [7, 11) is 0. The van der Waals surface area contributed by atoms with Gasteiger partial charge in [0.25, 0.3) is 0 Å². The Morgan fingerprint density at radius 2 is 1.74 bits per heavy atom. The highest BCUT2D eigenvalue weighted by Gasteiger charge is 2.10. The molecule has 0 spiro atoms. The molecule has 0 aliphatic heterocycles. The zero-order valence-corrected chi connectivity index (χ0v) is 10.7. The van der Waals surface area contributed by atoms with Gasteiger partial charge in [-0.25, -0.2) is 8.78 Å². The number of benzene rings is 1. The van der Waals surface area contributed by atoms with Crippen molar-refractivity contribution in [1.29, 1.82) is 0 Å². The van der Waals surface area contributed by atoms with Crippen molar-refractivity contribution < 1.29 is 8.78 Å². The first-order valence-corrected chi connectivity index (χ1v) is 6.28. The smallest absolute Gasteiger partial charge is 0.141 e. The van der Waals surface area contributed by atoms with E-state index in [0.717, 1.165) is 17.7 Å². The Bertz CT molecular complexity index is 509. The van der Waals surface area contributed by atoms with Gasteiger partial charge in [-0.3, -0.25) is 4.98 Å². The second-order valence-corrected chi connectivity index (χ2v) is 4.37. The largest absolute Gasteiger partial charge is 0.305 e. The Kier molecular flexibility index (Phi) is 4.58. The molecule has 0 fully saturated rings. The van der Waals surface area contributed by atoms with Crippen LogP contribution >= 0.6 is 0 Å². The molecule has 4 heteroatoms. The molecule has 1 N–H and O–H groups in total. The van der Waals surface area contributed by atoms with Gasteiger partial charge in [-0.1, -0.05) is 19.1 Å². The van der Waals surface area contributed by atoms with Gasteiger partial charge < -0.3 is 5.32 Å². The molecule has 2 nitrogen and oxygen atoms in total. The van der Waals surface area contributed by atoms with Crippen LogP contribution in [0.3, 0.4) is 0 Å². The van der Waals surface area contributed by atoms with Gasteiger partial charge in [0.05, 0.1) is 11.9 Å². The second-order valence-electron chi connectivity index (χ2n) is 4.37. The molecule has 1 unspecified atom stereocenters. The van der Waals surface area contributed by atoms with Crippen LogP contribution in [-0.2, 0) is 6.54 Å². The van der Waals surface area contributed by atoms with Crippen molar-refractivity contribution in [3.8, 4) is 0 Å². The van der Waals surface area contributed by atoms with Gasteiger partial charge in [0, 0.05) is 12.6 Å². The van der Waals surface area contributed by atoms with Gasteiger partial charge in [0.1, 0.15) is 11.6 Å². The normalized spacial score (nSPS) is 12.4. The Balaban J connectivity index is 1.99. The van der Waals surface area contributed by atoms with Crippen molar-refractivity contribution in [2.75, 3.05) is 0 Å². The predicted molar refractivity (Wildman–Crippen MR) is 70.5 cm³/mol. The van der Waals surface area contributed by atoms with Crippen molar-refractivity contribution in [2.45, 2.75) is 25.9 Å². The average Bonchev–Trinajstić information content (AvgIpc) is 2.43. The fourth-order valence-corrected chi connectivity index (χ4v) is 1.89. The third-order valence-electron chi connectivity index (χ3n) is 2.98. The van der Waals surface area contributed by atoms with Crippen molar-refractivity contribution in [2.24, 2.45) is 0 Å². The number of pyridine rings is 1. The van der Waals surface area contributed by atoms with Crippen LogP contribution in [0.2, 0.25) is 0 Å². The third-order valence-corrected chi connectivity index (χ3v) is 2.98.